The third-order valence-electron chi connectivity index (χ3n) is 5.75. The molecule has 0 saturated carbocycles. The molecule has 5 heteroatoms. The fourth-order valence-corrected chi connectivity index (χ4v) is 4.08. The van der Waals surface area contributed by atoms with E-state index in [1.165, 1.54) is 0 Å². The number of hydrogen-bond acceptors (Lipinski definition) is 3. The van der Waals surface area contributed by atoms with E-state index in [9.17, 15) is 9.90 Å². The number of allylic oxidation sites excluding steroid dienone is 4. The number of benzene rings is 3. The second-order valence-corrected chi connectivity index (χ2v) is 7.80. The SMILES string of the molecule is NC(=C1C=C(c2ccccc2)OC(c2ccccc2)=C1)C1=C(C(=O)O)C1(F)c1ccccc1. The Kier molecular flexibility index (Phi) is 4.94. The summed E-state index contributed by atoms with van der Waals surface area (Å²) in [5.41, 5.74) is 6.30. The average molecular weight is 437 g/mol. The molecule has 0 bridgehead atoms. The lowest BCUT2D eigenvalue weighted by Crippen LogP contribution is -2.13. The zero-order valence-corrected chi connectivity index (χ0v) is 17.5. The molecule has 2 aliphatic rings. The standard InChI is InChI=1S/C28H20FNO3/c29-28(21-14-8-3-9-15-21)24(25(28)27(31)32)26(30)20-16-22(18-10-4-1-5-11-18)33-23(17-20)19-12-6-2-7-13-19/h1-17H,30H2,(H,31,32). The first-order valence-electron chi connectivity index (χ1n) is 10.5. The number of alkyl halides is 1. The summed E-state index contributed by atoms with van der Waals surface area (Å²) < 4.78 is 22.2. The zero-order valence-electron chi connectivity index (χ0n) is 17.5. The van der Waals surface area contributed by atoms with Crippen LogP contribution in [0.4, 0.5) is 4.39 Å². The Balaban J connectivity index is 1.66. The van der Waals surface area contributed by atoms with Crippen molar-refractivity contribution in [3.05, 3.63) is 142 Å². The predicted molar refractivity (Wildman–Crippen MR) is 125 cm³/mol. The minimum atomic E-state index is -2.23. The van der Waals surface area contributed by atoms with E-state index >= 15 is 4.39 Å². The summed E-state index contributed by atoms with van der Waals surface area (Å²) in [6, 6.07) is 27.2. The van der Waals surface area contributed by atoms with Crippen molar-refractivity contribution in [2.75, 3.05) is 0 Å². The fourth-order valence-electron chi connectivity index (χ4n) is 4.08. The number of carbonyl (C=O) groups is 1. The van der Waals surface area contributed by atoms with Gasteiger partial charge in [0.05, 0.1) is 5.57 Å². The van der Waals surface area contributed by atoms with Gasteiger partial charge in [-0.15, -0.1) is 0 Å². The number of nitrogens with two attached hydrogens (primary N) is 1. The molecule has 0 saturated heterocycles. The van der Waals surface area contributed by atoms with Gasteiger partial charge in [-0.05, 0) is 17.7 Å². The van der Waals surface area contributed by atoms with E-state index in [2.05, 4.69) is 0 Å². The van der Waals surface area contributed by atoms with Crippen LogP contribution in [-0.4, -0.2) is 11.1 Å². The van der Waals surface area contributed by atoms with Gasteiger partial charge in [0.15, 0.2) is 5.67 Å². The molecule has 3 aromatic carbocycles. The maximum absolute atomic E-state index is 16.0. The molecule has 3 aromatic rings. The van der Waals surface area contributed by atoms with E-state index in [1.807, 2.05) is 60.7 Å². The van der Waals surface area contributed by atoms with Crippen LogP contribution in [0.15, 0.2) is 126 Å². The Morgan fingerprint density at radius 2 is 1.21 bits per heavy atom. The number of aliphatic carboxylic acids is 1. The highest BCUT2D eigenvalue weighted by Gasteiger charge is 2.61. The molecule has 0 aromatic heterocycles. The predicted octanol–water partition coefficient (Wildman–Crippen LogP) is 5.57. The zero-order chi connectivity index (χ0) is 23.0. The van der Waals surface area contributed by atoms with Crippen LogP contribution in [0.2, 0.25) is 0 Å². The lowest BCUT2D eigenvalue weighted by molar-refractivity contribution is -0.132. The van der Waals surface area contributed by atoms with Crippen molar-refractivity contribution in [3.63, 3.8) is 0 Å². The Morgan fingerprint density at radius 1 is 0.758 bits per heavy atom. The molecule has 1 aliphatic carbocycles. The summed E-state index contributed by atoms with van der Waals surface area (Å²) in [5.74, 6) is -0.249. The van der Waals surface area contributed by atoms with Crippen LogP contribution in [0.25, 0.3) is 11.5 Å². The first kappa shape index (κ1) is 20.5. The summed E-state index contributed by atoms with van der Waals surface area (Å²) in [7, 11) is 0. The van der Waals surface area contributed by atoms with Gasteiger partial charge in [0.25, 0.3) is 0 Å². The van der Waals surface area contributed by atoms with Gasteiger partial charge < -0.3 is 15.6 Å². The molecule has 1 unspecified atom stereocenters. The Morgan fingerprint density at radius 3 is 1.67 bits per heavy atom. The third kappa shape index (κ3) is 3.53. The molecule has 0 radical (unpaired) electrons. The molecule has 4 nitrogen and oxygen atoms in total. The minimum absolute atomic E-state index is 0.0228. The Bertz CT molecular complexity index is 1300. The molecular weight excluding hydrogens is 417 g/mol. The van der Waals surface area contributed by atoms with Crippen LogP contribution in [0.5, 0.6) is 0 Å². The van der Waals surface area contributed by atoms with Gasteiger partial charge in [0.2, 0.25) is 0 Å². The van der Waals surface area contributed by atoms with Gasteiger partial charge >= 0.3 is 5.97 Å². The molecular formula is C28H20FNO3. The largest absolute Gasteiger partial charge is 0.478 e. The molecule has 33 heavy (non-hydrogen) atoms. The quantitative estimate of drug-likeness (QED) is 0.547. The van der Waals surface area contributed by atoms with Gasteiger partial charge in [0.1, 0.15) is 11.5 Å². The van der Waals surface area contributed by atoms with Crippen molar-refractivity contribution in [1.82, 2.24) is 0 Å². The topological polar surface area (TPSA) is 72.5 Å². The first-order chi connectivity index (χ1) is 16.0. The molecule has 162 valence electrons. The lowest BCUT2D eigenvalue weighted by Gasteiger charge is -2.20. The number of halogens is 1. The van der Waals surface area contributed by atoms with Gasteiger partial charge in [-0.1, -0.05) is 91.0 Å². The van der Waals surface area contributed by atoms with E-state index < -0.39 is 11.6 Å². The van der Waals surface area contributed by atoms with Crippen LogP contribution < -0.4 is 5.73 Å². The van der Waals surface area contributed by atoms with E-state index in [0.29, 0.717) is 17.1 Å². The van der Waals surface area contributed by atoms with Crippen LogP contribution >= 0.6 is 0 Å². The molecule has 1 aliphatic heterocycles. The summed E-state index contributed by atoms with van der Waals surface area (Å²) in [6.07, 6.45) is 3.43. The number of hydrogen-bond donors (Lipinski definition) is 2. The van der Waals surface area contributed by atoms with Crippen molar-refractivity contribution in [2.24, 2.45) is 5.73 Å². The number of ether oxygens (including phenoxy) is 1. The maximum atomic E-state index is 16.0. The second-order valence-electron chi connectivity index (χ2n) is 7.80. The molecule has 0 amide bonds. The van der Waals surface area contributed by atoms with Crippen molar-refractivity contribution in [2.45, 2.75) is 5.67 Å². The lowest BCUT2D eigenvalue weighted by atomic mass is 9.98. The number of carboxylic acids is 1. The molecule has 3 N–H and O–H groups in total. The van der Waals surface area contributed by atoms with Gasteiger partial charge in [0, 0.05) is 28.0 Å². The van der Waals surface area contributed by atoms with Crippen LogP contribution in [0.3, 0.4) is 0 Å². The highest BCUT2D eigenvalue weighted by atomic mass is 19.1. The number of rotatable bonds is 5. The first-order valence-corrected chi connectivity index (χ1v) is 10.5. The van der Waals surface area contributed by atoms with Crippen LogP contribution in [-0.2, 0) is 15.2 Å². The normalized spacial score (nSPS) is 19.4. The molecule has 0 fully saturated rings. The van der Waals surface area contributed by atoms with Crippen molar-refractivity contribution in [3.8, 4) is 0 Å². The fraction of sp³-hybridized carbons (Fsp3) is 0.0357. The third-order valence-corrected chi connectivity index (χ3v) is 5.75. The molecule has 0 spiro atoms. The molecule has 1 atom stereocenters. The van der Waals surface area contributed by atoms with Crippen LogP contribution in [0, 0.1) is 0 Å². The van der Waals surface area contributed by atoms with Crippen LogP contribution in [0.1, 0.15) is 16.7 Å². The van der Waals surface area contributed by atoms with E-state index in [-0.39, 0.29) is 22.4 Å². The summed E-state index contributed by atoms with van der Waals surface area (Å²) in [4.78, 5) is 11.9. The second kappa shape index (κ2) is 7.95. The van der Waals surface area contributed by atoms with E-state index in [4.69, 9.17) is 10.5 Å². The minimum Gasteiger partial charge on any atom is -0.478 e. The van der Waals surface area contributed by atoms with Gasteiger partial charge in [-0.2, -0.15) is 0 Å². The van der Waals surface area contributed by atoms with Crippen molar-refractivity contribution in [1.29, 1.82) is 0 Å². The Labute approximate surface area is 190 Å². The monoisotopic (exact) mass is 437 g/mol. The van der Waals surface area contributed by atoms with E-state index in [0.717, 1.165) is 11.1 Å². The summed E-state index contributed by atoms with van der Waals surface area (Å²) >= 11 is 0. The highest BCUT2D eigenvalue weighted by Crippen LogP contribution is 2.58. The maximum Gasteiger partial charge on any atom is 0.336 e. The average Bonchev–Trinajstić information content (AvgIpc) is 3.52. The van der Waals surface area contributed by atoms with E-state index in [1.54, 1.807) is 42.5 Å². The van der Waals surface area contributed by atoms with Crippen molar-refractivity contribution < 1.29 is 19.0 Å². The Hall–Kier alpha value is -4.38. The smallest absolute Gasteiger partial charge is 0.336 e. The van der Waals surface area contributed by atoms with Crippen molar-refractivity contribution >= 4 is 17.5 Å². The van der Waals surface area contributed by atoms with Gasteiger partial charge in [-0.3, -0.25) is 0 Å². The van der Waals surface area contributed by atoms with Gasteiger partial charge in [-0.25, -0.2) is 9.18 Å². The number of carboxylic acid groups (broad SMARTS) is 1. The summed E-state index contributed by atoms with van der Waals surface area (Å²) in [6.45, 7) is 0. The molecule has 1 heterocycles. The molecule has 5 rings (SSSR count). The highest BCUT2D eigenvalue weighted by molar-refractivity contribution is 6.01. The summed E-state index contributed by atoms with van der Waals surface area (Å²) in [5, 5.41) is 9.70.